The number of ketones is 1. The highest BCUT2D eigenvalue weighted by molar-refractivity contribution is 7.89. The van der Waals surface area contributed by atoms with Crippen molar-refractivity contribution in [3.05, 3.63) is 29.8 Å². The topological polar surface area (TPSA) is 77.2 Å². The number of sulfonamides is 1. The molecule has 0 saturated carbocycles. The van der Waals surface area contributed by atoms with Crippen LogP contribution in [0, 0.1) is 0 Å². The Kier molecular flexibility index (Phi) is 3.03. The molecule has 0 aliphatic rings. The largest absolute Gasteiger partial charge is 0.294 e. The van der Waals surface area contributed by atoms with Gasteiger partial charge in [-0.3, -0.25) is 4.79 Å². The first-order valence-corrected chi connectivity index (χ1v) is 5.66. The van der Waals surface area contributed by atoms with E-state index < -0.39 is 10.0 Å². The van der Waals surface area contributed by atoms with Crippen LogP contribution in [0.15, 0.2) is 29.2 Å². The van der Waals surface area contributed by atoms with Crippen molar-refractivity contribution in [1.29, 1.82) is 0 Å². The van der Waals surface area contributed by atoms with E-state index in [2.05, 4.69) is 0 Å². The zero-order chi connectivity index (χ0) is 10.8. The minimum absolute atomic E-state index is 0.0307. The highest BCUT2D eigenvalue weighted by atomic mass is 32.2. The zero-order valence-electron chi connectivity index (χ0n) is 7.73. The molecule has 1 aromatic rings. The van der Waals surface area contributed by atoms with Crippen LogP contribution in [0.2, 0.25) is 0 Å². The van der Waals surface area contributed by atoms with E-state index in [1.165, 1.54) is 18.2 Å². The highest BCUT2D eigenvalue weighted by Gasteiger charge is 2.10. The molecule has 5 heteroatoms. The van der Waals surface area contributed by atoms with Crippen molar-refractivity contribution in [2.45, 2.75) is 18.2 Å². The summed E-state index contributed by atoms with van der Waals surface area (Å²) in [4.78, 5) is 11.2. The first-order chi connectivity index (χ1) is 6.45. The SMILES string of the molecule is CCC(=O)c1cccc(S(N)(=O)=O)c1. The Morgan fingerprint density at radius 2 is 2.07 bits per heavy atom. The molecule has 0 aliphatic heterocycles. The van der Waals surface area contributed by atoms with Gasteiger partial charge in [0.1, 0.15) is 0 Å². The Morgan fingerprint density at radius 3 is 2.57 bits per heavy atom. The predicted octanol–water partition coefficient (Wildman–Crippen LogP) is 0.927. The molecule has 0 aromatic heterocycles. The van der Waals surface area contributed by atoms with Gasteiger partial charge < -0.3 is 0 Å². The van der Waals surface area contributed by atoms with Crippen molar-refractivity contribution in [1.82, 2.24) is 0 Å². The van der Waals surface area contributed by atoms with Gasteiger partial charge in [0.2, 0.25) is 10.0 Å². The standard InChI is InChI=1S/C9H11NO3S/c1-2-9(11)7-4-3-5-8(6-7)14(10,12)13/h3-6H,2H2,1H3,(H2,10,12,13). The first kappa shape index (κ1) is 10.9. The minimum Gasteiger partial charge on any atom is -0.294 e. The van der Waals surface area contributed by atoms with Crippen LogP contribution in [-0.4, -0.2) is 14.2 Å². The molecular weight excluding hydrogens is 202 g/mol. The lowest BCUT2D eigenvalue weighted by molar-refractivity contribution is 0.0988. The molecule has 4 nitrogen and oxygen atoms in total. The molecule has 76 valence electrons. The third-order valence-electron chi connectivity index (χ3n) is 1.81. The Labute approximate surface area is 82.8 Å². The number of rotatable bonds is 3. The maximum atomic E-state index is 11.3. The third kappa shape index (κ3) is 2.40. The Bertz CT molecular complexity index is 451. The quantitative estimate of drug-likeness (QED) is 0.758. The molecule has 0 bridgehead atoms. The second kappa shape index (κ2) is 3.89. The van der Waals surface area contributed by atoms with Crippen LogP contribution in [0.3, 0.4) is 0 Å². The lowest BCUT2D eigenvalue weighted by Gasteiger charge is -2.00. The van der Waals surface area contributed by atoms with E-state index >= 15 is 0 Å². The molecule has 0 aliphatic carbocycles. The van der Waals surface area contributed by atoms with Crippen molar-refractivity contribution >= 4 is 15.8 Å². The number of hydrogen-bond donors (Lipinski definition) is 1. The van der Waals surface area contributed by atoms with Crippen LogP contribution < -0.4 is 5.14 Å². The van der Waals surface area contributed by atoms with Gasteiger partial charge in [-0.1, -0.05) is 19.1 Å². The zero-order valence-corrected chi connectivity index (χ0v) is 8.54. The summed E-state index contributed by atoms with van der Waals surface area (Å²) in [5.41, 5.74) is 0.374. The van der Waals surface area contributed by atoms with Gasteiger partial charge in [0.15, 0.2) is 5.78 Å². The summed E-state index contributed by atoms with van der Waals surface area (Å²) in [6.45, 7) is 1.71. The first-order valence-electron chi connectivity index (χ1n) is 4.11. The van der Waals surface area contributed by atoms with Crippen LogP contribution in [0.4, 0.5) is 0 Å². The Balaban J connectivity index is 3.21. The summed E-state index contributed by atoms with van der Waals surface area (Å²) in [5.74, 6) is -0.101. The molecule has 0 amide bonds. The van der Waals surface area contributed by atoms with Crippen molar-refractivity contribution in [2.75, 3.05) is 0 Å². The second-order valence-electron chi connectivity index (χ2n) is 2.85. The maximum Gasteiger partial charge on any atom is 0.238 e. The van der Waals surface area contributed by atoms with E-state index in [0.717, 1.165) is 0 Å². The van der Waals surface area contributed by atoms with Gasteiger partial charge in [0.25, 0.3) is 0 Å². The van der Waals surface area contributed by atoms with Gasteiger partial charge in [0.05, 0.1) is 4.90 Å². The maximum absolute atomic E-state index is 11.3. The normalized spacial score (nSPS) is 11.3. The van der Waals surface area contributed by atoms with Crippen LogP contribution in [0.5, 0.6) is 0 Å². The summed E-state index contributed by atoms with van der Waals surface area (Å²) in [6, 6.07) is 5.73. The average Bonchev–Trinajstić information content (AvgIpc) is 2.15. The number of benzene rings is 1. The summed E-state index contributed by atoms with van der Waals surface area (Å²) in [6.07, 6.45) is 0.341. The molecule has 0 atom stereocenters. The van der Waals surface area contributed by atoms with E-state index in [9.17, 15) is 13.2 Å². The Hall–Kier alpha value is -1.20. The summed E-state index contributed by atoms with van der Waals surface area (Å²) < 4.78 is 21.9. The number of carbonyl (C=O) groups excluding carboxylic acids is 1. The lowest BCUT2D eigenvalue weighted by Crippen LogP contribution is -2.12. The smallest absolute Gasteiger partial charge is 0.238 e. The van der Waals surface area contributed by atoms with E-state index in [4.69, 9.17) is 5.14 Å². The molecule has 14 heavy (non-hydrogen) atoms. The van der Waals surface area contributed by atoms with Gasteiger partial charge >= 0.3 is 0 Å². The Morgan fingerprint density at radius 1 is 1.43 bits per heavy atom. The van der Waals surface area contributed by atoms with Gasteiger partial charge in [-0.2, -0.15) is 0 Å². The fourth-order valence-electron chi connectivity index (χ4n) is 1.05. The molecule has 0 saturated heterocycles. The third-order valence-corrected chi connectivity index (χ3v) is 2.72. The molecule has 1 aromatic carbocycles. The van der Waals surface area contributed by atoms with Gasteiger partial charge in [-0.15, -0.1) is 0 Å². The van der Waals surface area contributed by atoms with Crippen LogP contribution in [0.25, 0.3) is 0 Å². The van der Waals surface area contributed by atoms with Gasteiger partial charge in [-0.25, -0.2) is 13.6 Å². The second-order valence-corrected chi connectivity index (χ2v) is 4.41. The van der Waals surface area contributed by atoms with E-state index in [0.29, 0.717) is 12.0 Å². The molecule has 2 N–H and O–H groups in total. The summed E-state index contributed by atoms with van der Waals surface area (Å²) >= 11 is 0. The molecule has 0 heterocycles. The molecule has 0 spiro atoms. The number of carbonyl (C=O) groups is 1. The summed E-state index contributed by atoms with van der Waals surface area (Å²) in [5, 5.41) is 4.93. The summed E-state index contributed by atoms with van der Waals surface area (Å²) in [7, 11) is -3.72. The number of primary sulfonamides is 1. The minimum atomic E-state index is -3.72. The van der Waals surface area contributed by atoms with Crippen LogP contribution >= 0.6 is 0 Å². The predicted molar refractivity (Wildman–Crippen MR) is 52.4 cm³/mol. The van der Waals surface area contributed by atoms with Crippen molar-refractivity contribution < 1.29 is 13.2 Å². The fourth-order valence-corrected chi connectivity index (χ4v) is 1.61. The monoisotopic (exact) mass is 213 g/mol. The fraction of sp³-hybridized carbons (Fsp3) is 0.222. The van der Waals surface area contributed by atoms with E-state index in [1.807, 2.05) is 0 Å². The number of Topliss-reactive ketones (excluding diaryl/α,β-unsaturated/α-hetero) is 1. The average molecular weight is 213 g/mol. The van der Waals surface area contributed by atoms with Crippen molar-refractivity contribution in [2.24, 2.45) is 5.14 Å². The molecule has 0 unspecified atom stereocenters. The van der Waals surface area contributed by atoms with Crippen LogP contribution in [-0.2, 0) is 10.0 Å². The highest BCUT2D eigenvalue weighted by Crippen LogP contribution is 2.11. The molecule has 0 radical (unpaired) electrons. The van der Waals surface area contributed by atoms with E-state index in [1.54, 1.807) is 13.0 Å². The molecular formula is C9H11NO3S. The number of nitrogens with two attached hydrogens (primary N) is 1. The van der Waals surface area contributed by atoms with Crippen LogP contribution in [0.1, 0.15) is 23.7 Å². The lowest BCUT2D eigenvalue weighted by atomic mass is 10.1. The van der Waals surface area contributed by atoms with Gasteiger partial charge in [0, 0.05) is 12.0 Å². The van der Waals surface area contributed by atoms with Gasteiger partial charge in [-0.05, 0) is 12.1 Å². The van der Waals surface area contributed by atoms with Crippen molar-refractivity contribution in [3.8, 4) is 0 Å². The molecule has 1 rings (SSSR count). The van der Waals surface area contributed by atoms with E-state index in [-0.39, 0.29) is 10.7 Å². The van der Waals surface area contributed by atoms with Crippen molar-refractivity contribution in [3.63, 3.8) is 0 Å². The number of hydrogen-bond acceptors (Lipinski definition) is 3. The molecule has 0 fully saturated rings.